The molecule has 0 aliphatic carbocycles. The van der Waals surface area contributed by atoms with E-state index in [1.165, 1.54) is 0 Å². The van der Waals surface area contributed by atoms with Crippen molar-refractivity contribution in [3.63, 3.8) is 0 Å². The monoisotopic (exact) mass is 304 g/mol. The molecule has 0 bridgehead atoms. The highest BCUT2D eigenvalue weighted by Crippen LogP contribution is 2.26. The zero-order chi connectivity index (χ0) is 14.8. The lowest BCUT2D eigenvalue weighted by molar-refractivity contribution is 0.887. The Hall–Kier alpha value is -2.08. The molecule has 6 nitrogen and oxygen atoms in total. The number of anilines is 4. The average molecular weight is 305 g/mol. The van der Waals surface area contributed by atoms with Gasteiger partial charge in [-0.2, -0.15) is 15.0 Å². The summed E-state index contributed by atoms with van der Waals surface area (Å²) < 4.78 is 0. The van der Waals surface area contributed by atoms with Gasteiger partial charge in [0, 0.05) is 13.1 Å². The molecule has 1 saturated heterocycles. The summed E-state index contributed by atoms with van der Waals surface area (Å²) in [5, 5.41) is 3.73. The van der Waals surface area contributed by atoms with Crippen molar-refractivity contribution in [2.75, 3.05) is 29.0 Å². The molecule has 1 aliphatic rings. The Labute approximate surface area is 128 Å². The summed E-state index contributed by atoms with van der Waals surface area (Å²) in [6.45, 7) is 3.90. The van der Waals surface area contributed by atoms with Crippen LogP contribution in [0.4, 0.5) is 23.5 Å². The molecule has 1 aromatic carbocycles. The molecule has 3 N–H and O–H groups in total. The molecule has 0 amide bonds. The van der Waals surface area contributed by atoms with Gasteiger partial charge >= 0.3 is 0 Å². The topological polar surface area (TPSA) is 80.0 Å². The van der Waals surface area contributed by atoms with Crippen LogP contribution in [0.2, 0.25) is 5.02 Å². The number of halogens is 1. The SMILES string of the molecule is Cc1ccc(Cl)c(Nc2nc(N)nc(N3CCCC3)n2)c1. The third-order valence-electron chi connectivity index (χ3n) is 3.40. The van der Waals surface area contributed by atoms with Crippen LogP contribution in [0.25, 0.3) is 0 Å². The van der Waals surface area contributed by atoms with Crippen molar-refractivity contribution in [1.82, 2.24) is 15.0 Å². The maximum Gasteiger partial charge on any atom is 0.233 e. The maximum absolute atomic E-state index is 6.18. The molecule has 3 rings (SSSR count). The second-order valence-corrected chi connectivity index (χ2v) is 5.53. The number of hydrogen-bond donors (Lipinski definition) is 2. The molecule has 2 heterocycles. The zero-order valence-electron chi connectivity index (χ0n) is 11.8. The van der Waals surface area contributed by atoms with Crippen LogP contribution in [-0.2, 0) is 0 Å². The van der Waals surface area contributed by atoms with E-state index in [4.69, 9.17) is 17.3 Å². The first-order valence-electron chi connectivity index (χ1n) is 6.91. The van der Waals surface area contributed by atoms with E-state index in [1.807, 2.05) is 25.1 Å². The van der Waals surface area contributed by atoms with E-state index in [0.717, 1.165) is 37.2 Å². The second kappa shape index (κ2) is 5.73. The third-order valence-corrected chi connectivity index (χ3v) is 3.73. The summed E-state index contributed by atoms with van der Waals surface area (Å²) in [4.78, 5) is 14.9. The van der Waals surface area contributed by atoms with Crippen molar-refractivity contribution in [3.8, 4) is 0 Å². The molecular formula is C14H17ClN6. The number of nitrogens with two attached hydrogens (primary N) is 1. The van der Waals surface area contributed by atoms with Gasteiger partial charge in [0.2, 0.25) is 17.8 Å². The molecule has 1 fully saturated rings. The van der Waals surface area contributed by atoms with Crippen LogP contribution < -0.4 is 16.0 Å². The number of rotatable bonds is 3. The maximum atomic E-state index is 6.18. The van der Waals surface area contributed by atoms with Crippen LogP contribution in [0.5, 0.6) is 0 Å². The molecule has 0 radical (unpaired) electrons. The Morgan fingerprint density at radius 2 is 1.95 bits per heavy atom. The summed E-state index contributed by atoms with van der Waals surface area (Å²) in [6, 6.07) is 5.73. The van der Waals surface area contributed by atoms with E-state index < -0.39 is 0 Å². The third kappa shape index (κ3) is 3.16. The Morgan fingerprint density at radius 1 is 1.19 bits per heavy atom. The fraction of sp³-hybridized carbons (Fsp3) is 0.357. The fourth-order valence-electron chi connectivity index (χ4n) is 2.35. The fourth-order valence-corrected chi connectivity index (χ4v) is 2.52. The van der Waals surface area contributed by atoms with Gasteiger partial charge in [0.15, 0.2) is 0 Å². The van der Waals surface area contributed by atoms with E-state index in [1.54, 1.807) is 0 Å². The number of nitrogen functional groups attached to an aromatic ring is 1. The van der Waals surface area contributed by atoms with Crippen molar-refractivity contribution >= 4 is 35.1 Å². The molecule has 0 atom stereocenters. The first-order valence-corrected chi connectivity index (χ1v) is 7.29. The van der Waals surface area contributed by atoms with Crippen molar-refractivity contribution in [2.45, 2.75) is 19.8 Å². The number of aromatic nitrogens is 3. The van der Waals surface area contributed by atoms with Crippen molar-refractivity contribution < 1.29 is 0 Å². The smallest absolute Gasteiger partial charge is 0.233 e. The number of nitrogens with zero attached hydrogens (tertiary/aromatic N) is 4. The highest BCUT2D eigenvalue weighted by Gasteiger charge is 2.17. The summed E-state index contributed by atoms with van der Waals surface area (Å²) in [5.74, 6) is 1.24. The largest absolute Gasteiger partial charge is 0.368 e. The van der Waals surface area contributed by atoms with E-state index in [0.29, 0.717) is 16.9 Å². The first kappa shape index (κ1) is 13.9. The lowest BCUT2D eigenvalue weighted by Gasteiger charge is -2.16. The Balaban J connectivity index is 1.89. The average Bonchev–Trinajstić information content (AvgIpc) is 2.96. The van der Waals surface area contributed by atoms with Crippen LogP contribution in [-0.4, -0.2) is 28.0 Å². The summed E-state index contributed by atoms with van der Waals surface area (Å²) in [5.41, 5.74) is 7.65. The predicted molar refractivity (Wildman–Crippen MR) is 85.2 cm³/mol. The molecule has 7 heteroatoms. The van der Waals surface area contributed by atoms with Crippen LogP contribution in [0.3, 0.4) is 0 Å². The van der Waals surface area contributed by atoms with Crippen molar-refractivity contribution in [2.24, 2.45) is 0 Å². The highest BCUT2D eigenvalue weighted by atomic mass is 35.5. The van der Waals surface area contributed by atoms with Gasteiger partial charge in [-0.05, 0) is 37.5 Å². The molecule has 110 valence electrons. The van der Waals surface area contributed by atoms with Crippen LogP contribution in [0, 0.1) is 6.92 Å². The van der Waals surface area contributed by atoms with Gasteiger partial charge in [0.25, 0.3) is 0 Å². The Kier molecular flexibility index (Phi) is 3.79. The number of hydrogen-bond acceptors (Lipinski definition) is 6. The minimum absolute atomic E-state index is 0.207. The number of nitrogens with one attached hydrogen (secondary N) is 1. The highest BCUT2D eigenvalue weighted by molar-refractivity contribution is 6.33. The second-order valence-electron chi connectivity index (χ2n) is 5.12. The first-order chi connectivity index (χ1) is 10.1. The number of benzene rings is 1. The Bertz CT molecular complexity index is 654. The van der Waals surface area contributed by atoms with Gasteiger partial charge in [-0.15, -0.1) is 0 Å². The molecule has 0 spiro atoms. The molecule has 2 aromatic rings. The minimum atomic E-state index is 0.207. The van der Waals surface area contributed by atoms with E-state index in [2.05, 4.69) is 25.2 Å². The Morgan fingerprint density at radius 3 is 2.71 bits per heavy atom. The zero-order valence-corrected chi connectivity index (χ0v) is 12.6. The molecular weight excluding hydrogens is 288 g/mol. The van der Waals surface area contributed by atoms with Gasteiger partial charge in [-0.3, -0.25) is 0 Å². The summed E-state index contributed by atoms with van der Waals surface area (Å²) in [7, 11) is 0. The molecule has 0 saturated carbocycles. The summed E-state index contributed by atoms with van der Waals surface area (Å²) in [6.07, 6.45) is 2.30. The van der Waals surface area contributed by atoms with Gasteiger partial charge < -0.3 is 16.0 Å². The molecule has 21 heavy (non-hydrogen) atoms. The molecule has 1 aliphatic heterocycles. The van der Waals surface area contributed by atoms with E-state index >= 15 is 0 Å². The quantitative estimate of drug-likeness (QED) is 0.907. The van der Waals surface area contributed by atoms with Crippen LogP contribution in [0.15, 0.2) is 18.2 Å². The minimum Gasteiger partial charge on any atom is -0.368 e. The van der Waals surface area contributed by atoms with Gasteiger partial charge in [-0.25, -0.2) is 0 Å². The standard InChI is InChI=1S/C14H17ClN6/c1-9-4-5-10(15)11(8-9)17-13-18-12(16)19-14(20-13)21-6-2-3-7-21/h4-5,8H,2-3,6-7H2,1H3,(H3,16,17,18,19,20). The van der Waals surface area contributed by atoms with Crippen LogP contribution >= 0.6 is 11.6 Å². The normalized spacial score (nSPS) is 14.5. The molecule has 0 unspecified atom stereocenters. The van der Waals surface area contributed by atoms with Crippen molar-refractivity contribution in [1.29, 1.82) is 0 Å². The van der Waals surface area contributed by atoms with E-state index in [9.17, 15) is 0 Å². The van der Waals surface area contributed by atoms with Gasteiger partial charge in [-0.1, -0.05) is 17.7 Å². The van der Waals surface area contributed by atoms with Gasteiger partial charge in [0.1, 0.15) is 0 Å². The molecule has 1 aromatic heterocycles. The van der Waals surface area contributed by atoms with Crippen molar-refractivity contribution in [3.05, 3.63) is 28.8 Å². The lowest BCUT2D eigenvalue weighted by Crippen LogP contribution is -2.22. The lowest BCUT2D eigenvalue weighted by atomic mass is 10.2. The number of aryl methyl sites for hydroxylation is 1. The predicted octanol–water partition coefficient (Wildman–Crippen LogP) is 2.76. The summed E-state index contributed by atoms with van der Waals surface area (Å²) >= 11 is 6.18. The van der Waals surface area contributed by atoms with Crippen LogP contribution in [0.1, 0.15) is 18.4 Å². The van der Waals surface area contributed by atoms with E-state index in [-0.39, 0.29) is 5.95 Å². The van der Waals surface area contributed by atoms with Gasteiger partial charge in [0.05, 0.1) is 10.7 Å².